The first-order valence-corrected chi connectivity index (χ1v) is 9.66. The fourth-order valence-electron chi connectivity index (χ4n) is 3.86. The summed E-state index contributed by atoms with van der Waals surface area (Å²) >= 11 is 5.73. The summed E-state index contributed by atoms with van der Waals surface area (Å²) in [6, 6.07) is 8.99. The lowest BCUT2D eigenvalue weighted by molar-refractivity contribution is 0.317. The van der Waals surface area contributed by atoms with Crippen LogP contribution < -0.4 is 5.73 Å². The Morgan fingerprint density at radius 1 is 0.885 bits per heavy atom. The molecule has 2 N–H and O–H groups in total. The normalized spacial score (nSPS) is 23.7. The second-order valence-electron chi connectivity index (χ2n) is 7.21. The summed E-state index contributed by atoms with van der Waals surface area (Å²) in [5.74, 6) is 0.601. The topological polar surface area (TPSA) is 58.3 Å². The lowest BCUT2D eigenvalue weighted by atomic mass is 10.1. The number of likely N-dealkylation sites (tertiary alicyclic amines) is 2. The number of pyridine rings is 2. The molecule has 6 heteroatoms. The first-order valence-electron chi connectivity index (χ1n) is 9.28. The van der Waals surface area contributed by atoms with Gasteiger partial charge in [-0.1, -0.05) is 23.7 Å². The van der Waals surface area contributed by atoms with E-state index in [2.05, 4.69) is 46.0 Å². The number of anilines is 1. The highest BCUT2D eigenvalue weighted by Crippen LogP contribution is 2.30. The number of halogens is 1. The minimum absolute atomic E-state index is 0.546. The Kier molecular flexibility index (Phi) is 6.46. The van der Waals surface area contributed by atoms with Crippen molar-refractivity contribution in [3.05, 3.63) is 52.9 Å². The van der Waals surface area contributed by atoms with E-state index in [-0.39, 0.29) is 0 Å². The molecule has 0 radical (unpaired) electrons. The number of rotatable bonds is 2. The second kappa shape index (κ2) is 8.80. The van der Waals surface area contributed by atoms with Crippen molar-refractivity contribution in [1.82, 2.24) is 19.8 Å². The van der Waals surface area contributed by atoms with E-state index in [4.69, 9.17) is 17.3 Å². The van der Waals surface area contributed by atoms with Gasteiger partial charge in [0.2, 0.25) is 0 Å². The maximum Gasteiger partial charge on any atom is 0.129 e. The minimum atomic E-state index is 0.546. The monoisotopic (exact) mass is 373 g/mol. The largest absolute Gasteiger partial charge is 0.384 e. The SMILES string of the molecule is CN1CCC[C@H]1c1ccc(Cl)nc1.CN1CCC[C@H]1c1ccc(N)nc1. The summed E-state index contributed by atoms with van der Waals surface area (Å²) in [4.78, 5) is 12.9. The number of hydrogen-bond acceptors (Lipinski definition) is 5. The van der Waals surface area contributed by atoms with Gasteiger partial charge in [0.15, 0.2) is 0 Å². The maximum atomic E-state index is 5.73. The van der Waals surface area contributed by atoms with Crippen LogP contribution in [0.1, 0.15) is 48.9 Å². The third-order valence-electron chi connectivity index (χ3n) is 5.37. The van der Waals surface area contributed by atoms with Crippen LogP contribution in [0, 0.1) is 0 Å². The third kappa shape index (κ3) is 4.72. The lowest BCUT2D eigenvalue weighted by Crippen LogP contribution is -2.17. The number of hydrogen-bond donors (Lipinski definition) is 1. The Morgan fingerprint density at radius 3 is 1.81 bits per heavy atom. The second-order valence-corrected chi connectivity index (χ2v) is 7.60. The number of nitrogens with zero attached hydrogens (tertiary/aromatic N) is 4. The van der Waals surface area contributed by atoms with Crippen LogP contribution in [0.25, 0.3) is 0 Å². The van der Waals surface area contributed by atoms with Gasteiger partial charge in [0.1, 0.15) is 11.0 Å². The molecule has 4 rings (SSSR count). The molecule has 140 valence electrons. The smallest absolute Gasteiger partial charge is 0.129 e. The molecule has 0 bridgehead atoms. The molecule has 0 saturated carbocycles. The Labute approximate surface area is 161 Å². The molecule has 26 heavy (non-hydrogen) atoms. The van der Waals surface area contributed by atoms with Crippen LogP contribution in [-0.2, 0) is 0 Å². The van der Waals surface area contributed by atoms with Gasteiger partial charge in [0.05, 0.1) is 0 Å². The standard InChI is InChI=1S/C10H13ClN2.C10H15N3/c2*1-13-6-2-3-9(13)8-4-5-10(11)12-7-8/h4-5,7,9H,2-3,6H2,1H3;4-5,7,9H,2-3,6H2,1H3,(H2,11,12)/t2*9-/m00/s1. The number of nitrogens with two attached hydrogens (primary N) is 1. The van der Waals surface area contributed by atoms with E-state index in [0.29, 0.717) is 23.1 Å². The molecule has 5 nitrogen and oxygen atoms in total. The molecule has 2 aliphatic rings. The van der Waals surface area contributed by atoms with Crippen molar-refractivity contribution in [2.75, 3.05) is 32.9 Å². The first kappa shape index (κ1) is 19.1. The van der Waals surface area contributed by atoms with Gasteiger partial charge >= 0.3 is 0 Å². The predicted molar refractivity (Wildman–Crippen MR) is 107 cm³/mol. The molecule has 2 aromatic heterocycles. The van der Waals surface area contributed by atoms with E-state index in [0.717, 1.165) is 0 Å². The van der Waals surface area contributed by atoms with E-state index in [1.165, 1.54) is 49.9 Å². The van der Waals surface area contributed by atoms with Gasteiger partial charge in [0, 0.05) is 24.5 Å². The van der Waals surface area contributed by atoms with Crippen LogP contribution in [0.3, 0.4) is 0 Å². The average molecular weight is 374 g/mol. The zero-order valence-corrected chi connectivity index (χ0v) is 16.4. The van der Waals surface area contributed by atoms with Crippen molar-refractivity contribution in [3.63, 3.8) is 0 Å². The highest BCUT2D eigenvalue weighted by atomic mass is 35.5. The van der Waals surface area contributed by atoms with Gasteiger partial charge in [-0.2, -0.15) is 0 Å². The summed E-state index contributed by atoms with van der Waals surface area (Å²) in [6.07, 6.45) is 8.81. The molecule has 4 heterocycles. The molecule has 0 aromatic carbocycles. The summed E-state index contributed by atoms with van der Waals surface area (Å²) < 4.78 is 0. The van der Waals surface area contributed by atoms with Crippen molar-refractivity contribution in [2.24, 2.45) is 0 Å². The fraction of sp³-hybridized carbons (Fsp3) is 0.500. The summed E-state index contributed by atoms with van der Waals surface area (Å²) in [5.41, 5.74) is 8.10. The van der Waals surface area contributed by atoms with Crippen LogP contribution in [0.5, 0.6) is 0 Å². The Balaban J connectivity index is 0.000000151. The lowest BCUT2D eigenvalue weighted by Gasteiger charge is -2.19. The zero-order chi connectivity index (χ0) is 18.5. The van der Waals surface area contributed by atoms with Crippen LogP contribution in [0.4, 0.5) is 5.82 Å². The highest BCUT2D eigenvalue weighted by molar-refractivity contribution is 6.29. The Hall–Kier alpha value is -1.69. The molecule has 2 aliphatic heterocycles. The fourth-order valence-corrected chi connectivity index (χ4v) is 3.97. The van der Waals surface area contributed by atoms with Crippen molar-refractivity contribution in [1.29, 1.82) is 0 Å². The van der Waals surface area contributed by atoms with Gasteiger partial charge in [-0.15, -0.1) is 0 Å². The van der Waals surface area contributed by atoms with Crippen molar-refractivity contribution in [3.8, 4) is 0 Å². The van der Waals surface area contributed by atoms with Gasteiger partial charge < -0.3 is 5.73 Å². The minimum Gasteiger partial charge on any atom is -0.384 e. The molecule has 2 fully saturated rings. The first-order chi connectivity index (χ1) is 12.5. The number of nitrogen functional groups attached to an aromatic ring is 1. The van der Waals surface area contributed by atoms with Crippen LogP contribution in [0.15, 0.2) is 36.7 Å². The van der Waals surface area contributed by atoms with Crippen molar-refractivity contribution < 1.29 is 0 Å². The van der Waals surface area contributed by atoms with Crippen LogP contribution in [0.2, 0.25) is 5.15 Å². The van der Waals surface area contributed by atoms with Gasteiger partial charge in [0.25, 0.3) is 0 Å². The van der Waals surface area contributed by atoms with Crippen molar-refractivity contribution >= 4 is 17.4 Å². The molecule has 0 amide bonds. The summed E-state index contributed by atoms with van der Waals surface area (Å²) in [6.45, 7) is 2.38. The van der Waals surface area contributed by atoms with Gasteiger partial charge in [-0.25, -0.2) is 9.97 Å². The molecular formula is C20H28ClN5. The third-order valence-corrected chi connectivity index (χ3v) is 5.59. The van der Waals surface area contributed by atoms with Gasteiger partial charge in [-0.05, 0) is 76.1 Å². The molecule has 2 atom stereocenters. The van der Waals surface area contributed by atoms with Crippen LogP contribution in [-0.4, -0.2) is 47.0 Å². The zero-order valence-electron chi connectivity index (χ0n) is 15.6. The van der Waals surface area contributed by atoms with E-state index >= 15 is 0 Å². The Bertz CT molecular complexity index is 627. The molecule has 0 aliphatic carbocycles. The summed E-state index contributed by atoms with van der Waals surface area (Å²) in [7, 11) is 4.32. The highest BCUT2D eigenvalue weighted by Gasteiger charge is 2.23. The van der Waals surface area contributed by atoms with E-state index < -0.39 is 0 Å². The van der Waals surface area contributed by atoms with Crippen LogP contribution >= 0.6 is 11.6 Å². The Morgan fingerprint density at radius 2 is 1.42 bits per heavy atom. The number of aromatic nitrogens is 2. The molecule has 0 unspecified atom stereocenters. The predicted octanol–water partition coefficient (Wildman–Crippen LogP) is 3.93. The average Bonchev–Trinajstić information content (AvgIpc) is 3.25. The molecule has 2 saturated heterocycles. The van der Waals surface area contributed by atoms with Gasteiger partial charge in [-0.3, -0.25) is 9.80 Å². The maximum absolute atomic E-state index is 5.73. The molecule has 2 aromatic rings. The van der Waals surface area contributed by atoms with Crippen molar-refractivity contribution in [2.45, 2.75) is 37.8 Å². The van der Waals surface area contributed by atoms with E-state index in [1.54, 1.807) is 0 Å². The quantitative estimate of drug-likeness (QED) is 0.808. The molecular weight excluding hydrogens is 346 g/mol. The van der Waals surface area contributed by atoms with E-state index in [9.17, 15) is 0 Å². The molecule has 0 spiro atoms. The summed E-state index contributed by atoms with van der Waals surface area (Å²) in [5, 5.41) is 0.574. The van der Waals surface area contributed by atoms with E-state index in [1.807, 2.05) is 24.5 Å².